The maximum absolute atomic E-state index is 10.6. The monoisotopic (exact) mass is 385 g/mol. The summed E-state index contributed by atoms with van der Waals surface area (Å²) >= 11 is 3.44. The van der Waals surface area contributed by atoms with Gasteiger partial charge in [0, 0.05) is 23.3 Å². The third-order valence-electron chi connectivity index (χ3n) is 4.98. The van der Waals surface area contributed by atoms with Crippen molar-refractivity contribution in [2.24, 2.45) is 4.99 Å². The highest BCUT2D eigenvalue weighted by Gasteiger charge is 2.39. The second-order valence-electron chi connectivity index (χ2n) is 6.54. The quantitative estimate of drug-likeness (QED) is 0.738. The lowest BCUT2D eigenvalue weighted by molar-refractivity contribution is 0.164. The molecule has 0 amide bonds. The number of hydrogen-bond acceptors (Lipinski definition) is 3. The van der Waals surface area contributed by atoms with Crippen molar-refractivity contribution >= 4 is 22.1 Å². The topological polar surface area (TPSA) is 41.8 Å². The Kier molecular flexibility index (Phi) is 4.31. The number of phenols is 1. The minimum atomic E-state index is 0.253. The van der Waals surface area contributed by atoms with Crippen LogP contribution in [-0.4, -0.2) is 17.4 Å². The first-order valence-corrected chi connectivity index (χ1v) is 9.29. The molecule has 2 aromatic rings. The molecule has 1 aliphatic heterocycles. The molecule has 0 bridgehead atoms. The molecule has 1 aliphatic carbocycles. The summed E-state index contributed by atoms with van der Waals surface area (Å²) in [5.74, 6) is 1.55. The van der Waals surface area contributed by atoms with Crippen LogP contribution in [0, 0.1) is 0 Å². The average molecular weight is 386 g/mol. The Balaban J connectivity index is 1.68. The maximum Gasteiger partial charge on any atom is 0.139 e. The number of aromatic hydroxyl groups is 1. The van der Waals surface area contributed by atoms with Gasteiger partial charge in [0.25, 0.3) is 0 Å². The summed E-state index contributed by atoms with van der Waals surface area (Å²) in [5.41, 5.74) is 3.11. The number of fused-ring (bicyclic) bond motifs is 3. The van der Waals surface area contributed by atoms with E-state index in [1.54, 1.807) is 0 Å². The summed E-state index contributed by atoms with van der Waals surface area (Å²) in [6.45, 7) is 0.608. The summed E-state index contributed by atoms with van der Waals surface area (Å²) in [6, 6.07) is 12.0. The maximum atomic E-state index is 10.6. The molecule has 1 heterocycles. The molecule has 2 aromatic carbocycles. The van der Waals surface area contributed by atoms with Crippen molar-refractivity contribution in [1.29, 1.82) is 0 Å². The fraction of sp³-hybridized carbons (Fsp3) is 0.350. The van der Waals surface area contributed by atoms with E-state index in [1.807, 2.05) is 30.5 Å². The van der Waals surface area contributed by atoms with Crippen molar-refractivity contribution in [2.45, 2.75) is 44.2 Å². The van der Waals surface area contributed by atoms with E-state index in [9.17, 15) is 5.11 Å². The first kappa shape index (κ1) is 15.7. The Hall–Kier alpha value is -1.81. The fourth-order valence-electron chi connectivity index (χ4n) is 3.82. The van der Waals surface area contributed by atoms with Gasteiger partial charge in [-0.15, -0.1) is 0 Å². The average Bonchev–Trinajstić information content (AvgIpc) is 2.97. The van der Waals surface area contributed by atoms with E-state index in [0.29, 0.717) is 16.9 Å². The van der Waals surface area contributed by atoms with Gasteiger partial charge in [0.1, 0.15) is 17.6 Å². The van der Waals surface area contributed by atoms with Crippen LogP contribution in [0.1, 0.15) is 48.3 Å². The van der Waals surface area contributed by atoms with Gasteiger partial charge in [0.05, 0.1) is 11.0 Å². The standard InChI is InChI=1S/C20H20BrNO2/c21-16-10-18-19(14-8-4-5-9-17(14)24-18)15(20(16)23)12-22-11-13-6-2-1-3-7-13/h1-3,6-7,10,12,14,17,23H,4-5,8-9,11H2. The van der Waals surface area contributed by atoms with Crippen LogP contribution < -0.4 is 4.74 Å². The molecule has 2 unspecified atom stereocenters. The lowest BCUT2D eigenvalue weighted by Crippen LogP contribution is -2.22. The number of rotatable bonds is 3. The third-order valence-corrected chi connectivity index (χ3v) is 5.59. The van der Waals surface area contributed by atoms with E-state index < -0.39 is 0 Å². The predicted molar refractivity (Wildman–Crippen MR) is 99.2 cm³/mol. The molecule has 124 valence electrons. The molecule has 2 aliphatic rings. The van der Waals surface area contributed by atoms with Gasteiger partial charge in [-0.3, -0.25) is 4.99 Å². The number of aliphatic imine (C=N–C) groups is 1. The molecule has 24 heavy (non-hydrogen) atoms. The van der Waals surface area contributed by atoms with Crippen molar-refractivity contribution in [2.75, 3.05) is 0 Å². The van der Waals surface area contributed by atoms with Crippen LogP contribution in [0.25, 0.3) is 0 Å². The highest BCUT2D eigenvalue weighted by atomic mass is 79.9. The smallest absolute Gasteiger partial charge is 0.139 e. The molecular formula is C20H20BrNO2. The molecular weight excluding hydrogens is 366 g/mol. The SMILES string of the molecule is Oc1c(Br)cc2c(c1C=NCc1ccccc1)C1CCCCC1O2. The van der Waals surface area contributed by atoms with Crippen LogP contribution >= 0.6 is 15.9 Å². The molecule has 1 N–H and O–H groups in total. The first-order chi connectivity index (χ1) is 11.7. The lowest BCUT2D eigenvalue weighted by Gasteiger charge is -2.24. The largest absolute Gasteiger partial charge is 0.506 e. The van der Waals surface area contributed by atoms with Crippen LogP contribution in [-0.2, 0) is 6.54 Å². The van der Waals surface area contributed by atoms with Crippen LogP contribution in [0.3, 0.4) is 0 Å². The van der Waals surface area contributed by atoms with Crippen molar-refractivity contribution in [1.82, 2.24) is 0 Å². The van der Waals surface area contributed by atoms with Gasteiger partial charge in [-0.25, -0.2) is 0 Å². The summed E-state index contributed by atoms with van der Waals surface area (Å²) in [7, 11) is 0. The van der Waals surface area contributed by atoms with Crippen molar-refractivity contribution in [3.63, 3.8) is 0 Å². The van der Waals surface area contributed by atoms with Gasteiger partial charge in [-0.1, -0.05) is 36.8 Å². The zero-order valence-corrected chi connectivity index (χ0v) is 15.0. The summed E-state index contributed by atoms with van der Waals surface area (Å²) in [6.07, 6.45) is 6.73. The summed E-state index contributed by atoms with van der Waals surface area (Å²) in [5, 5.41) is 10.6. The normalized spacial score (nSPS) is 22.2. The molecule has 0 saturated heterocycles. The minimum Gasteiger partial charge on any atom is -0.506 e. The number of benzene rings is 2. The number of nitrogens with zero attached hydrogens (tertiary/aromatic N) is 1. The summed E-state index contributed by atoms with van der Waals surface area (Å²) < 4.78 is 6.82. The van der Waals surface area contributed by atoms with Crippen molar-refractivity contribution in [3.8, 4) is 11.5 Å². The molecule has 4 rings (SSSR count). The Labute approximate surface area is 150 Å². The van der Waals surface area contributed by atoms with E-state index in [4.69, 9.17) is 4.74 Å². The lowest BCUT2D eigenvalue weighted by atomic mass is 9.81. The molecule has 1 fully saturated rings. The Bertz CT molecular complexity index is 773. The molecule has 1 saturated carbocycles. The van der Waals surface area contributed by atoms with Gasteiger partial charge in [0.15, 0.2) is 0 Å². The zero-order chi connectivity index (χ0) is 16.5. The van der Waals surface area contributed by atoms with Crippen molar-refractivity contribution < 1.29 is 9.84 Å². The molecule has 0 spiro atoms. The van der Waals surface area contributed by atoms with E-state index >= 15 is 0 Å². The fourth-order valence-corrected chi connectivity index (χ4v) is 4.24. The van der Waals surface area contributed by atoms with Gasteiger partial charge in [0.2, 0.25) is 0 Å². The Morgan fingerprint density at radius 1 is 1.21 bits per heavy atom. The van der Waals surface area contributed by atoms with Crippen LogP contribution in [0.5, 0.6) is 11.5 Å². The molecule has 2 atom stereocenters. The second kappa shape index (κ2) is 6.60. The zero-order valence-electron chi connectivity index (χ0n) is 13.4. The first-order valence-electron chi connectivity index (χ1n) is 8.50. The Morgan fingerprint density at radius 3 is 2.83 bits per heavy atom. The van der Waals surface area contributed by atoms with E-state index in [2.05, 4.69) is 33.1 Å². The van der Waals surface area contributed by atoms with Crippen molar-refractivity contribution in [3.05, 3.63) is 57.6 Å². The molecule has 4 heteroatoms. The van der Waals surface area contributed by atoms with Gasteiger partial charge >= 0.3 is 0 Å². The van der Waals surface area contributed by atoms with Crippen LogP contribution in [0.15, 0.2) is 45.9 Å². The molecule has 0 radical (unpaired) electrons. The highest BCUT2D eigenvalue weighted by molar-refractivity contribution is 9.10. The highest BCUT2D eigenvalue weighted by Crippen LogP contribution is 2.50. The molecule has 0 aromatic heterocycles. The van der Waals surface area contributed by atoms with E-state index in [1.165, 1.54) is 12.8 Å². The summed E-state index contributed by atoms with van der Waals surface area (Å²) in [4.78, 5) is 4.57. The molecule has 3 nitrogen and oxygen atoms in total. The number of hydrogen-bond donors (Lipinski definition) is 1. The van der Waals surface area contributed by atoms with Gasteiger partial charge in [-0.05, 0) is 46.8 Å². The number of halogens is 1. The predicted octanol–water partition coefficient (Wildman–Crippen LogP) is 5.19. The van der Waals surface area contributed by atoms with Gasteiger partial charge in [-0.2, -0.15) is 0 Å². The Morgan fingerprint density at radius 2 is 2.00 bits per heavy atom. The second-order valence-corrected chi connectivity index (χ2v) is 7.39. The third kappa shape index (κ3) is 2.84. The minimum absolute atomic E-state index is 0.253. The van der Waals surface area contributed by atoms with E-state index in [0.717, 1.165) is 35.3 Å². The van der Waals surface area contributed by atoms with E-state index in [-0.39, 0.29) is 11.9 Å². The van der Waals surface area contributed by atoms with Gasteiger partial charge < -0.3 is 9.84 Å². The number of ether oxygens (including phenoxy) is 1. The van der Waals surface area contributed by atoms with Crippen LogP contribution in [0.2, 0.25) is 0 Å². The number of phenolic OH excluding ortho intramolecular Hbond substituents is 1. The van der Waals surface area contributed by atoms with Crippen LogP contribution in [0.4, 0.5) is 0 Å².